The molecule has 1 aromatic rings. The second-order valence-electron chi connectivity index (χ2n) is 9.52. The number of aromatic nitrogens is 1. The zero-order valence-electron chi connectivity index (χ0n) is 26.3. The highest BCUT2D eigenvalue weighted by Gasteiger charge is 2.22. The van der Waals surface area contributed by atoms with Crippen LogP contribution >= 0.6 is 11.8 Å². The van der Waals surface area contributed by atoms with Crippen molar-refractivity contribution in [2.24, 2.45) is 5.73 Å². The first-order valence-corrected chi connectivity index (χ1v) is 15.1. The van der Waals surface area contributed by atoms with Gasteiger partial charge in [0.25, 0.3) is 5.91 Å². The SMILES string of the molecule is COCCOCCN(C)C(=O)OCSCN(CCOC(C)C)c1ccn(COC(=O)N(C)CCOCCOC)c1C(N)=O. The molecule has 3 amide bonds. The summed E-state index contributed by atoms with van der Waals surface area (Å²) in [4.78, 5) is 42.0. The number of anilines is 1. The van der Waals surface area contributed by atoms with Gasteiger partial charge in [-0.15, -0.1) is 0 Å². The van der Waals surface area contributed by atoms with E-state index in [1.807, 2.05) is 18.7 Å². The fraction of sp³-hybridized carbons (Fsp3) is 0.741. The van der Waals surface area contributed by atoms with Crippen molar-refractivity contribution < 1.29 is 47.5 Å². The van der Waals surface area contributed by atoms with Gasteiger partial charge in [-0.1, -0.05) is 11.8 Å². The van der Waals surface area contributed by atoms with E-state index in [1.165, 1.54) is 26.1 Å². The average Bonchev–Trinajstić information content (AvgIpc) is 3.40. The molecule has 248 valence electrons. The van der Waals surface area contributed by atoms with E-state index in [9.17, 15) is 14.4 Å². The molecule has 16 heteroatoms. The second kappa shape index (κ2) is 22.7. The van der Waals surface area contributed by atoms with E-state index in [4.69, 9.17) is 38.9 Å². The van der Waals surface area contributed by atoms with E-state index < -0.39 is 18.1 Å². The molecule has 0 saturated heterocycles. The van der Waals surface area contributed by atoms with Gasteiger partial charge in [0.1, 0.15) is 11.6 Å². The molecule has 0 aliphatic carbocycles. The number of thioether (sulfide) groups is 1. The molecule has 15 nitrogen and oxygen atoms in total. The molecule has 0 fully saturated rings. The molecule has 0 saturated carbocycles. The number of rotatable bonds is 24. The van der Waals surface area contributed by atoms with Gasteiger partial charge < -0.3 is 58.2 Å². The third-order valence-corrected chi connectivity index (χ3v) is 6.58. The lowest BCUT2D eigenvalue weighted by atomic mass is 10.3. The van der Waals surface area contributed by atoms with Crippen molar-refractivity contribution in [3.8, 4) is 0 Å². The predicted octanol–water partition coefficient (Wildman–Crippen LogP) is 1.89. The summed E-state index contributed by atoms with van der Waals surface area (Å²) in [6, 6.07) is 1.72. The van der Waals surface area contributed by atoms with Crippen LogP contribution in [-0.2, 0) is 39.9 Å². The summed E-state index contributed by atoms with van der Waals surface area (Å²) in [7, 11) is 6.40. The van der Waals surface area contributed by atoms with Crippen LogP contribution in [0.15, 0.2) is 12.3 Å². The first kappa shape index (κ1) is 38.3. The van der Waals surface area contributed by atoms with Crippen molar-refractivity contribution in [3.63, 3.8) is 0 Å². The van der Waals surface area contributed by atoms with Crippen LogP contribution < -0.4 is 10.6 Å². The smallest absolute Gasteiger partial charge is 0.411 e. The Balaban J connectivity index is 2.75. The lowest BCUT2D eigenvalue weighted by Crippen LogP contribution is -2.33. The largest absolute Gasteiger partial charge is 0.438 e. The summed E-state index contributed by atoms with van der Waals surface area (Å²) in [5.74, 6) is -0.230. The first-order valence-electron chi connectivity index (χ1n) is 13.9. The summed E-state index contributed by atoms with van der Waals surface area (Å²) < 4.78 is 38.6. The maximum absolute atomic E-state index is 12.5. The molecular weight excluding hydrogens is 586 g/mol. The number of primary amides is 1. The number of hydrogen-bond acceptors (Lipinski definition) is 12. The number of amides is 3. The fourth-order valence-electron chi connectivity index (χ4n) is 3.40. The van der Waals surface area contributed by atoms with Gasteiger partial charge in [-0.3, -0.25) is 4.79 Å². The summed E-state index contributed by atoms with van der Waals surface area (Å²) in [5.41, 5.74) is 6.46. The molecule has 43 heavy (non-hydrogen) atoms. The molecule has 0 atom stereocenters. The molecule has 1 aromatic heterocycles. The summed E-state index contributed by atoms with van der Waals surface area (Å²) in [6.07, 6.45) is 0.592. The van der Waals surface area contributed by atoms with E-state index in [0.29, 0.717) is 77.4 Å². The van der Waals surface area contributed by atoms with E-state index in [2.05, 4.69) is 0 Å². The van der Waals surface area contributed by atoms with Gasteiger partial charge in [-0.25, -0.2) is 9.59 Å². The minimum absolute atomic E-state index is 0.0199. The fourth-order valence-corrected chi connectivity index (χ4v) is 4.15. The normalized spacial score (nSPS) is 11.0. The zero-order valence-corrected chi connectivity index (χ0v) is 27.1. The van der Waals surface area contributed by atoms with Crippen LogP contribution in [0, 0.1) is 0 Å². The van der Waals surface area contributed by atoms with Crippen LogP contribution in [-0.4, -0.2) is 145 Å². The Bertz CT molecular complexity index is 936. The van der Waals surface area contributed by atoms with Crippen LogP contribution in [0.4, 0.5) is 15.3 Å². The summed E-state index contributed by atoms with van der Waals surface area (Å²) in [6.45, 7) is 7.70. The monoisotopic (exact) mass is 635 g/mol. The van der Waals surface area contributed by atoms with Crippen molar-refractivity contribution in [3.05, 3.63) is 18.0 Å². The first-order chi connectivity index (χ1) is 20.6. The van der Waals surface area contributed by atoms with Crippen molar-refractivity contribution in [1.29, 1.82) is 0 Å². The van der Waals surface area contributed by atoms with Gasteiger partial charge in [0.2, 0.25) is 0 Å². The molecule has 0 aromatic carbocycles. The highest BCUT2D eigenvalue weighted by atomic mass is 32.2. The lowest BCUT2D eigenvalue weighted by molar-refractivity contribution is 0.0478. The van der Waals surface area contributed by atoms with Crippen molar-refractivity contribution in [1.82, 2.24) is 14.4 Å². The Morgan fingerprint density at radius 2 is 1.44 bits per heavy atom. The topological polar surface area (TPSA) is 156 Å². The molecule has 0 aliphatic heterocycles. The Hall–Kier alpha value is -2.76. The molecule has 0 unspecified atom stereocenters. The predicted molar refractivity (Wildman–Crippen MR) is 162 cm³/mol. The number of ether oxygens (including phenoxy) is 7. The third kappa shape index (κ3) is 16.0. The van der Waals surface area contributed by atoms with Gasteiger partial charge in [0.15, 0.2) is 6.73 Å². The third-order valence-electron chi connectivity index (χ3n) is 5.80. The second-order valence-corrected chi connectivity index (χ2v) is 10.4. The zero-order chi connectivity index (χ0) is 32.0. The maximum Gasteiger partial charge on any atom is 0.411 e. The van der Waals surface area contributed by atoms with Crippen LogP contribution in [0.1, 0.15) is 24.3 Å². The number of nitrogens with two attached hydrogens (primary N) is 1. The average molecular weight is 636 g/mol. The summed E-state index contributed by atoms with van der Waals surface area (Å²) >= 11 is 1.34. The minimum Gasteiger partial charge on any atom is -0.438 e. The summed E-state index contributed by atoms with van der Waals surface area (Å²) in [5, 5.41) is 0. The number of carbonyl (C=O) groups excluding carboxylic acids is 3. The molecule has 0 aliphatic rings. The number of carbonyl (C=O) groups is 3. The van der Waals surface area contributed by atoms with Gasteiger partial charge in [0, 0.05) is 54.1 Å². The Morgan fingerprint density at radius 1 is 0.860 bits per heavy atom. The highest BCUT2D eigenvalue weighted by molar-refractivity contribution is 7.99. The molecule has 0 spiro atoms. The molecule has 2 N–H and O–H groups in total. The van der Waals surface area contributed by atoms with Crippen LogP contribution in [0.2, 0.25) is 0 Å². The maximum atomic E-state index is 12.5. The van der Waals surface area contributed by atoms with Crippen molar-refractivity contribution in [2.75, 3.05) is 111 Å². The Kier molecular flexibility index (Phi) is 20.2. The van der Waals surface area contributed by atoms with Crippen molar-refractivity contribution in [2.45, 2.75) is 26.7 Å². The van der Waals surface area contributed by atoms with Gasteiger partial charge in [0.05, 0.1) is 63.9 Å². The lowest BCUT2D eigenvalue weighted by Gasteiger charge is -2.25. The Morgan fingerprint density at radius 3 is 1.98 bits per heavy atom. The van der Waals surface area contributed by atoms with E-state index in [0.717, 1.165) is 0 Å². The number of nitrogens with zero attached hydrogens (tertiary/aromatic N) is 4. The standard InChI is InChI=1S/C27H49N5O10S/c1-22(2)40-14-11-32(20-43-21-42-27(35)30(4)10-13-39-18-16-37-6)23-7-8-31(24(23)25(28)33)19-41-26(34)29(3)9-12-38-17-15-36-5/h7-8,22H,9-21H2,1-6H3,(H2,28,33). The van der Waals surface area contributed by atoms with Crippen LogP contribution in [0.25, 0.3) is 0 Å². The van der Waals surface area contributed by atoms with Gasteiger partial charge in [-0.2, -0.15) is 0 Å². The van der Waals surface area contributed by atoms with E-state index >= 15 is 0 Å². The number of hydrogen-bond donors (Lipinski definition) is 1. The quantitative estimate of drug-likeness (QED) is 0.130. The molecule has 0 radical (unpaired) electrons. The molecule has 1 heterocycles. The van der Waals surface area contributed by atoms with Gasteiger partial charge >= 0.3 is 12.2 Å². The van der Waals surface area contributed by atoms with Crippen LogP contribution in [0.3, 0.4) is 0 Å². The van der Waals surface area contributed by atoms with E-state index in [1.54, 1.807) is 40.6 Å². The molecular formula is C27H49N5O10S. The van der Waals surface area contributed by atoms with Gasteiger partial charge in [-0.05, 0) is 19.9 Å². The molecule has 1 rings (SSSR count). The highest BCUT2D eigenvalue weighted by Crippen LogP contribution is 2.24. The Labute approximate surface area is 258 Å². The number of likely N-dealkylation sites (N-methyl/N-ethyl adjacent to an activating group) is 2. The van der Waals surface area contributed by atoms with Crippen LogP contribution in [0.5, 0.6) is 0 Å². The van der Waals surface area contributed by atoms with E-state index in [-0.39, 0.29) is 24.5 Å². The molecule has 0 bridgehead atoms. The minimum atomic E-state index is -0.684. The number of methoxy groups -OCH3 is 2. The van der Waals surface area contributed by atoms with Crippen molar-refractivity contribution >= 4 is 35.5 Å².